The summed E-state index contributed by atoms with van der Waals surface area (Å²) >= 11 is -0.201. The first-order valence-corrected chi connectivity index (χ1v) is 9.13. The number of nitrogens with one attached hydrogen (secondary N) is 1. The highest BCUT2D eigenvalue weighted by Gasteiger charge is 2.32. The lowest BCUT2D eigenvalue weighted by Gasteiger charge is -2.09. The highest BCUT2D eigenvalue weighted by atomic mass is 32.2. The van der Waals surface area contributed by atoms with Crippen molar-refractivity contribution in [1.29, 1.82) is 0 Å². The van der Waals surface area contributed by atoms with Crippen molar-refractivity contribution in [2.24, 2.45) is 0 Å². The van der Waals surface area contributed by atoms with Crippen molar-refractivity contribution >= 4 is 28.7 Å². The molecule has 8 heteroatoms. The predicted octanol–water partition coefficient (Wildman–Crippen LogP) is 4.91. The molecule has 0 bridgehead atoms. The van der Waals surface area contributed by atoms with Gasteiger partial charge in [0, 0.05) is 18.0 Å². The molecule has 0 spiro atoms. The maximum atomic E-state index is 13.0. The van der Waals surface area contributed by atoms with Crippen LogP contribution < -0.4 is 15.8 Å². The number of hydrogen-bond donors (Lipinski definition) is 2. The molecule has 4 nitrogen and oxygen atoms in total. The molecule has 146 valence electrons. The van der Waals surface area contributed by atoms with Gasteiger partial charge in [0.05, 0.1) is 36.1 Å². The lowest BCUT2D eigenvalue weighted by atomic mass is 10.2. The van der Waals surface area contributed by atoms with Gasteiger partial charge in [0.2, 0.25) is 0 Å². The molecule has 3 rings (SSSR count). The number of rotatable bonds is 4. The number of nitrogen functional groups attached to an aromatic ring is 1. The first-order chi connectivity index (χ1) is 13.3. The second-order valence-electron chi connectivity index (χ2n) is 5.99. The summed E-state index contributed by atoms with van der Waals surface area (Å²) in [5, 5.41) is 3.12. The van der Waals surface area contributed by atoms with Crippen LogP contribution in [-0.2, 0) is 0 Å². The molecule has 0 aliphatic heterocycles. The fourth-order valence-corrected chi connectivity index (χ4v) is 3.43. The average molecular weight is 405 g/mol. The number of benzene rings is 1. The minimum absolute atomic E-state index is 0.00423. The molecule has 2 aromatic heterocycles. The van der Waals surface area contributed by atoms with Crippen molar-refractivity contribution in [2.45, 2.75) is 17.5 Å². The van der Waals surface area contributed by atoms with Crippen LogP contribution in [0.5, 0.6) is 5.75 Å². The second-order valence-corrected chi connectivity index (χ2v) is 7.04. The summed E-state index contributed by atoms with van der Waals surface area (Å²) in [5.41, 5.74) is 4.45. The topological polar surface area (TPSA) is 51.7 Å². The number of halogens is 3. The van der Waals surface area contributed by atoms with Crippen LogP contribution in [0.2, 0.25) is 0 Å². The predicted molar refractivity (Wildman–Crippen MR) is 107 cm³/mol. The summed E-state index contributed by atoms with van der Waals surface area (Å²) in [5.74, 6) is 6.37. The largest absolute Gasteiger partial charge is 0.495 e. The van der Waals surface area contributed by atoms with Gasteiger partial charge in [0.15, 0.2) is 0 Å². The Hall–Kier alpha value is -2.92. The molecular weight excluding hydrogens is 387 g/mol. The minimum atomic E-state index is -4.43. The zero-order valence-corrected chi connectivity index (χ0v) is 16.0. The number of hydrogen-bond acceptors (Lipinski definition) is 4. The lowest BCUT2D eigenvalue weighted by molar-refractivity contribution is -0.0329. The summed E-state index contributed by atoms with van der Waals surface area (Å²) in [6.45, 7) is 2.20. The molecule has 0 saturated carbocycles. The van der Waals surface area contributed by atoms with Crippen LogP contribution in [0.1, 0.15) is 11.1 Å². The number of alkyl halides is 3. The monoisotopic (exact) mass is 405 g/mol. The van der Waals surface area contributed by atoms with Crippen LogP contribution in [0.25, 0.3) is 5.52 Å². The van der Waals surface area contributed by atoms with Crippen molar-refractivity contribution in [2.75, 3.05) is 24.7 Å². The number of methoxy groups -OCH3 is 1. The Morgan fingerprint density at radius 2 is 2.04 bits per heavy atom. The number of fused-ring (bicyclic) bond motifs is 1. The van der Waals surface area contributed by atoms with Gasteiger partial charge >= 0.3 is 5.51 Å². The maximum absolute atomic E-state index is 13.0. The van der Waals surface area contributed by atoms with E-state index in [9.17, 15) is 13.2 Å². The van der Waals surface area contributed by atoms with Crippen LogP contribution in [0, 0.1) is 18.8 Å². The Labute approximate surface area is 164 Å². The average Bonchev–Trinajstić information content (AvgIpc) is 2.96. The molecule has 0 saturated heterocycles. The molecule has 0 amide bonds. The molecule has 0 aliphatic carbocycles. The van der Waals surface area contributed by atoms with E-state index in [2.05, 4.69) is 17.2 Å². The van der Waals surface area contributed by atoms with Gasteiger partial charge < -0.3 is 20.2 Å². The van der Waals surface area contributed by atoms with E-state index in [1.807, 2.05) is 25.1 Å². The number of nitrogens with zero attached hydrogens (tertiary/aromatic N) is 1. The van der Waals surface area contributed by atoms with Crippen molar-refractivity contribution in [3.63, 3.8) is 0 Å². The molecule has 0 radical (unpaired) electrons. The summed E-state index contributed by atoms with van der Waals surface area (Å²) in [7, 11) is 1.57. The number of nitrogens with two attached hydrogens (primary N) is 1. The van der Waals surface area contributed by atoms with Gasteiger partial charge in [-0.1, -0.05) is 17.9 Å². The smallest absolute Gasteiger partial charge is 0.447 e. The SMILES string of the molecule is COc1ccc(C)cc1NCC#Cc1cc2c(N)cccn2c1SC(F)(F)F. The van der Waals surface area contributed by atoms with E-state index in [0.29, 0.717) is 17.0 Å². The first-order valence-electron chi connectivity index (χ1n) is 8.31. The molecule has 3 N–H and O–H groups in total. The van der Waals surface area contributed by atoms with Crippen LogP contribution in [0.3, 0.4) is 0 Å². The standard InChI is InChI=1S/C20H18F3N3OS/c1-13-7-8-18(27-2)16(11-13)25-9-3-5-14-12-17-15(24)6-4-10-26(17)19(14)28-20(21,22)23/h4,6-8,10-12,25H,9,24H2,1-2H3. The van der Waals surface area contributed by atoms with Crippen molar-refractivity contribution < 1.29 is 17.9 Å². The molecule has 1 aromatic carbocycles. The van der Waals surface area contributed by atoms with E-state index in [0.717, 1.165) is 11.3 Å². The van der Waals surface area contributed by atoms with Gasteiger partial charge in [-0.15, -0.1) is 0 Å². The minimum Gasteiger partial charge on any atom is -0.495 e. The van der Waals surface area contributed by atoms with Crippen LogP contribution in [0.15, 0.2) is 47.6 Å². The third-order valence-electron chi connectivity index (χ3n) is 3.95. The molecule has 0 fully saturated rings. The van der Waals surface area contributed by atoms with Gasteiger partial charge in [-0.05, 0) is 42.8 Å². The molecule has 0 aliphatic rings. The Bertz CT molecular complexity index is 1060. The Morgan fingerprint density at radius 1 is 1.25 bits per heavy atom. The van der Waals surface area contributed by atoms with Crippen molar-refractivity contribution in [3.8, 4) is 17.6 Å². The number of aryl methyl sites for hydroxylation is 1. The summed E-state index contributed by atoms with van der Waals surface area (Å²) in [6.07, 6.45) is 1.54. The van der Waals surface area contributed by atoms with E-state index in [4.69, 9.17) is 10.5 Å². The summed E-state index contributed by atoms with van der Waals surface area (Å²) in [6, 6.07) is 10.5. The third-order valence-corrected chi connectivity index (χ3v) is 4.80. The van der Waals surface area contributed by atoms with Gasteiger partial charge in [-0.25, -0.2) is 0 Å². The highest BCUT2D eigenvalue weighted by Crippen LogP contribution is 2.40. The maximum Gasteiger partial charge on any atom is 0.447 e. The molecular formula is C20H18F3N3OS. The fraction of sp³-hybridized carbons (Fsp3) is 0.200. The number of ether oxygens (including phenoxy) is 1. The number of pyridine rings is 1. The van der Waals surface area contributed by atoms with E-state index in [-0.39, 0.29) is 28.9 Å². The van der Waals surface area contributed by atoms with E-state index >= 15 is 0 Å². The van der Waals surface area contributed by atoms with Crippen LogP contribution in [0.4, 0.5) is 24.5 Å². The zero-order chi connectivity index (χ0) is 20.3. The van der Waals surface area contributed by atoms with Gasteiger partial charge in [0.25, 0.3) is 0 Å². The normalized spacial score (nSPS) is 11.2. The highest BCUT2D eigenvalue weighted by molar-refractivity contribution is 8.00. The van der Waals surface area contributed by atoms with E-state index in [1.165, 1.54) is 4.40 Å². The Balaban J connectivity index is 1.88. The Kier molecular flexibility index (Phi) is 5.66. The fourth-order valence-electron chi connectivity index (χ4n) is 2.74. The van der Waals surface area contributed by atoms with Gasteiger partial charge in [-0.2, -0.15) is 13.2 Å². The number of anilines is 2. The number of thioether (sulfide) groups is 1. The van der Waals surface area contributed by atoms with E-state index in [1.54, 1.807) is 31.5 Å². The zero-order valence-electron chi connectivity index (χ0n) is 15.2. The van der Waals surface area contributed by atoms with Crippen LogP contribution >= 0.6 is 11.8 Å². The quantitative estimate of drug-likeness (QED) is 0.478. The first kappa shape index (κ1) is 19.8. The summed E-state index contributed by atoms with van der Waals surface area (Å²) < 4.78 is 45.7. The molecule has 0 atom stereocenters. The third kappa shape index (κ3) is 4.49. The van der Waals surface area contributed by atoms with Gasteiger partial charge in [0.1, 0.15) is 10.8 Å². The van der Waals surface area contributed by atoms with E-state index < -0.39 is 5.51 Å². The Morgan fingerprint density at radius 3 is 2.75 bits per heavy atom. The second kappa shape index (κ2) is 7.98. The van der Waals surface area contributed by atoms with Crippen molar-refractivity contribution in [3.05, 3.63) is 53.7 Å². The van der Waals surface area contributed by atoms with Crippen molar-refractivity contribution in [1.82, 2.24) is 4.40 Å². The molecule has 2 heterocycles. The molecule has 3 aromatic rings. The lowest BCUT2D eigenvalue weighted by Crippen LogP contribution is -2.03. The number of aromatic nitrogens is 1. The summed E-state index contributed by atoms with van der Waals surface area (Å²) in [4.78, 5) is 0. The van der Waals surface area contributed by atoms with Gasteiger partial charge in [-0.3, -0.25) is 0 Å². The molecule has 28 heavy (non-hydrogen) atoms. The molecule has 0 unspecified atom stereocenters. The van der Waals surface area contributed by atoms with Crippen LogP contribution in [-0.4, -0.2) is 23.6 Å².